The number of nitrogens with zero attached hydrogens (tertiary/aromatic N) is 4. The summed E-state index contributed by atoms with van der Waals surface area (Å²) >= 11 is 0. The van der Waals surface area contributed by atoms with E-state index in [1.807, 2.05) is 4.57 Å². The van der Waals surface area contributed by atoms with Crippen LogP contribution in [-0.2, 0) is 16.9 Å². The maximum atomic E-state index is 14.7. The van der Waals surface area contributed by atoms with Gasteiger partial charge in [0.05, 0.1) is 17.9 Å². The van der Waals surface area contributed by atoms with Crippen LogP contribution in [0.4, 0.5) is 18.4 Å². The van der Waals surface area contributed by atoms with Gasteiger partial charge in [0.2, 0.25) is 5.91 Å². The van der Waals surface area contributed by atoms with Crippen LogP contribution in [0.2, 0.25) is 0 Å². The fourth-order valence-electron chi connectivity index (χ4n) is 5.76. The first kappa shape index (κ1) is 26.1. The second-order valence-electron chi connectivity index (χ2n) is 10.8. The number of fused-ring (bicyclic) bond motifs is 1. The van der Waals surface area contributed by atoms with E-state index in [0.29, 0.717) is 50.3 Å². The zero-order valence-corrected chi connectivity index (χ0v) is 21.4. The van der Waals surface area contributed by atoms with E-state index in [9.17, 15) is 28.3 Å². The van der Waals surface area contributed by atoms with Gasteiger partial charge >= 0.3 is 12.1 Å². The van der Waals surface area contributed by atoms with E-state index in [0.717, 1.165) is 6.07 Å². The number of carbonyl (C=O) groups excluding carboxylic acids is 3. The number of hydrogen-bond acceptors (Lipinski definition) is 5. The minimum absolute atomic E-state index is 0.0387. The predicted molar refractivity (Wildman–Crippen MR) is 132 cm³/mol. The lowest BCUT2D eigenvalue weighted by atomic mass is 9.92. The van der Waals surface area contributed by atoms with Gasteiger partial charge in [-0.05, 0) is 51.2 Å². The Kier molecular flexibility index (Phi) is 6.84. The highest BCUT2D eigenvalue weighted by atomic mass is 19.2. The van der Waals surface area contributed by atoms with Crippen molar-refractivity contribution in [2.45, 2.75) is 69.7 Å². The Morgan fingerprint density at radius 3 is 2.55 bits per heavy atom. The molecule has 3 aliphatic heterocycles. The van der Waals surface area contributed by atoms with E-state index >= 15 is 0 Å². The van der Waals surface area contributed by atoms with Crippen molar-refractivity contribution < 1.29 is 28.3 Å². The average molecular weight is 531 g/mol. The van der Waals surface area contributed by atoms with Crippen LogP contribution in [0.3, 0.4) is 0 Å². The van der Waals surface area contributed by atoms with Crippen LogP contribution in [0.15, 0.2) is 24.4 Å². The molecule has 2 atom stereocenters. The number of halogens is 2. The van der Waals surface area contributed by atoms with E-state index in [2.05, 4.69) is 15.6 Å². The molecule has 2 aromatic rings. The molecule has 38 heavy (non-hydrogen) atoms. The first-order valence-electron chi connectivity index (χ1n) is 12.9. The van der Waals surface area contributed by atoms with Crippen LogP contribution < -0.4 is 10.6 Å². The van der Waals surface area contributed by atoms with Gasteiger partial charge in [-0.3, -0.25) is 10.1 Å². The summed E-state index contributed by atoms with van der Waals surface area (Å²) in [7, 11) is 0. The molecule has 0 aliphatic carbocycles. The number of aromatic nitrogens is 2. The standard InChI is InChI=1S/C26H32F2N6O4/c1-26(2,38)20-12-29-23-19(7-6-15(13-34(20)23)17-4-3-5-18(27)22(17)28)30-24(36)32-10-8-16(9-11-32)33-14-21(35)31-25(33)37/h3-5,12,15-16,19,38H,6-11,13-14H2,1-2H3,(H,30,36)(H,31,35,37)/t15-,19-/m1/s1. The van der Waals surface area contributed by atoms with Gasteiger partial charge in [-0.15, -0.1) is 0 Å². The number of imidazole rings is 1. The number of imide groups is 1. The molecule has 1 aromatic carbocycles. The van der Waals surface area contributed by atoms with E-state index < -0.39 is 29.3 Å². The smallest absolute Gasteiger partial charge is 0.324 e. The van der Waals surface area contributed by atoms with Crippen molar-refractivity contribution >= 4 is 18.0 Å². The number of nitrogens with one attached hydrogen (secondary N) is 2. The lowest BCUT2D eigenvalue weighted by molar-refractivity contribution is -0.118. The number of carbonyl (C=O) groups is 3. The zero-order chi connectivity index (χ0) is 27.2. The molecular formula is C26H32F2N6O4. The third-order valence-corrected chi connectivity index (χ3v) is 7.76. The van der Waals surface area contributed by atoms with Gasteiger partial charge in [-0.2, -0.15) is 0 Å². The van der Waals surface area contributed by atoms with Crippen molar-refractivity contribution in [3.05, 3.63) is 53.1 Å². The van der Waals surface area contributed by atoms with Gasteiger partial charge < -0.3 is 24.8 Å². The molecule has 2 saturated heterocycles. The Labute approximate surface area is 219 Å². The Morgan fingerprint density at radius 1 is 1.16 bits per heavy atom. The largest absolute Gasteiger partial charge is 0.384 e. The quantitative estimate of drug-likeness (QED) is 0.525. The Hall–Kier alpha value is -3.54. The highest BCUT2D eigenvalue weighted by molar-refractivity contribution is 6.02. The van der Waals surface area contributed by atoms with Crippen molar-refractivity contribution in [1.82, 2.24) is 30.0 Å². The molecule has 10 nitrogen and oxygen atoms in total. The maximum absolute atomic E-state index is 14.7. The molecular weight excluding hydrogens is 498 g/mol. The van der Waals surface area contributed by atoms with E-state index in [1.165, 1.54) is 11.0 Å². The van der Waals surface area contributed by atoms with Crippen LogP contribution in [-0.4, -0.2) is 68.1 Å². The maximum Gasteiger partial charge on any atom is 0.324 e. The minimum atomic E-state index is -1.24. The number of amides is 5. The lowest BCUT2D eigenvalue weighted by Gasteiger charge is -2.36. The number of hydrogen-bond donors (Lipinski definition) is 3. The third-order valence-electron chi connectivity index (χ3n) is 7.76. The van der Waals surface area contributed by atoms with Gasteiger partial charge in [0, 0.05) is 31.6 Å². The molecule has 5 rings (SSSR count). The van der Waals surface area contributed by atoms with Crippen LogP contribution >= 0.6 is 0 Å². The summed E-state index contributed by atoms with van der Waals surface area (Å²) in [4.78, 5) is 44.5. The van der Waals surface area contributed by atoms with Gasteiger partial charge in [-0.25, -0.2) is 23.4 Å². The second-order valence-corrected chi connectivity index (χ2v) is 10.8. The molecule has 2 fully saturated rings. The fraction of sp³-hybridized carbons (Fsp3) is 0.538. The molecule has 1 aromatic heterocycles. The Morgan fingerprint density at radius 2 is 1.89 bits per heavy atom. The van der Waals surface area contributed by atoms with Crippen LogP contribution in [0.5, 0.6) is 0 Å². The summed E-state index contributed by atoms with van der Waals surface area (Å²) in [6.07, 6.45) is 3.59. The predicted octanol–water partition coefficient (Wildman–Crippen LogP) is 2.73. The van der Waals surface area contributed by atoms with Gasteiger partial charge in [0.15, 0.2) is 11.6 Å². The lowest BCUT2D eigenvalue weighted by Crippen LogP contribution is -2.50. The minimum Gasteiger partial charge on any atom is -0.384 e. The molecule has 0 saturated carbocycles. The zero-order valence-electron chi connectivity index (χ0n) is 21.4. The average Bonchev–Trinajstić information content (AvgIpc) is 3.40. The molecule has 0 bridgehead atoms. The number of rotatable bonds is 4. The van der Waals surface area contributed by atoms with E-state index in [-0.39, 0.29) is 42.6 Å². The van der Waals surface area contributed by atoms with E-state index in [4.69, 9.17) is 0 Å². The van der Waals surface area contributed by atoms with Gasteiger partial charge in [0.1, 0.15) is 18.0 Å². The highest BCUT2D eigenvalue weighted by Crippen LogP contribution is 2.37. The third kappa shape index (κ3) is 4.96. The topological polar surface area (TPSA) is 120 Å². The first-order chi connectivity index (χ1) is 18.0. The summed E-state index contributed by atoms with van der Waals surface area (Å²) in [6, 6.07) is 2.84. The van der Waals surface area contributed by atoms with Gasteiger partial charge in [0.25, 0.3) is 0 Å². The molecule has 12 heteroatoms. The Bertz CT molecular complexity index is 1250. The molecule has 5 amide bonds. The number of aliphatic hydroxyl groups is 1. The van der Waals surface area contributed by atoms with Crippen molar-refractivity contribution in [3.8, 4) is 0 Å². The summed E-state index contributed by atoms with van der Waals surface area (Å²) < 4.78 is 30.6. The highest BCUT2D eigenvalue weighted by Gasteiger charge is 2.37. The van der Waals surface area contributed by atoms with Crippen molar-refractivity contribution in [1.29, 1.82) is 0 Å². The summed E-state index contributed by atoms with van der Waals surface area (Å²) in [5, 5.41) is 16.1. The monoisotopic (exact) mass is 530 g/mol. The molecule has 0 radical (unpaired) electrons. The van der Waals surface area contributed by atoms with Crippen molar-refractivity contribution in [3.63, 3.8) is 0 Å². The SMILES string of the molecule is CC(C)(O)c1cnc2n1C[C@H](c1cccc(F)c1F)CC[C@H]2NC(=O)N1CCC(N2CC(=O)NC2=O)CC1. The summed E-state index contributed by atoms with van der Waals surface area (Å²) in [5.41, 5.74) is -0.458. The normalized spacial score (nSPS) is 22.8. The molecule has 4 heterocycles. The number of benzene rings is 1. The van der Waals surface area contributed by atoms with Crippen LogP contribution in [0.1, 0.15) is 68.6 Å². The first-order valence-corrected chi connectivity index (χ1v) is 12.9. The second kappa shape index (κ2) is 9.97. The number of urea groups is 2. The molecule has 3 aliphatic rings. The summed E-state index contributed by atoms with van der Waals surface area (Å²) in [5.74, 6) is -1.95. The molecule has 204 valence electrons. The number of piperidine rings is 1. The van der Waals surface area contributed by atoms with Crippen LogP contribution in [0, 0.1) is 11.6 Å². The molecule has 0 unspecified atom stereocenters. The van der Waals surface area contributed by atoms with Gasteiger partial charge in [-0.1, -0.05) is 12.1 Å². The van der Waals surface area contributed by atoms with Crippen LogP contribution in [0.25, 0.3) is 0 Å². The molecule has 3 N–H and O–H groups in total. The fourth-order valence-corrected chi connectivity index (χ4v) is 5.76. The number of likely N-dealkylation sites (tertiary alicyclic amines) is 1. The van der Waals surface area contributed by atoms with Crippen molar-refractivity contribution in [2.24, 2.45) is 0 Å². The van der Waals surface area contributed by atoms with Crippen molar-refractivity contribution in [2.75, 3.05) is 19.6 Å². The van der Waals surface area contributed by atoms with E-state index in [1.54, 1.807) is 31.0 Å². The Balaban J connectivity index is 1.32. The molecule has 0 spiro atoms. The summed E-state index contributed by atoms with van der Waals surface area (Å²) in [6.45, 7) is 4.42.